The summed E-state index contributed by atoms with van der Waals surface area (Å²) in [5.74, 6) is -2.25. The fraction of sp³-hybridized carbons (Fsp3) is 0.917. The van der Waals surface area contributed by atoms with E-state index in [0.29, 0.717) is 57.3 Å². The highest BCUT2D eigenvalue weighted by molar-refractivity contribution is 5.88. The molecule has 4 fully saturated rings. The van der Waals surface area contributed by atoms with Crippen molar-refractivity contribution in [2.24, 2.45) is 29.6 Å². The molecule has 1 saturated heterocycles. The molecule has 1 heterocycles. The maximum atomic E-state index is 14.0. The number of nitrogens with zero attached hydrogens (tertiary/aromatic N) is 2. The van der Waals surface area contributed by atoms with Crippen LogP contribution in [-0.4, -0.2) is 64.4 Å². The number of piperazine rings is 1. The maximum Gasteiger partial charge on any atom is 0.254 e. The zero-order chi connectivity index (χ0) is 22.4. The van der Waals surface area contributed by atoms with Crippen molar-refractivity contribution < 1.29 is 23.5 Å². The van der Waals surface area contributed by atoms with Crippen molar-refractivity contribution >= 4 is 11.8 Å². The number of halogens is 2. The Morgan fingerprint density at radius 1 is 0.935 bits per heavy atom. The third kappa shape index (κ3) is 4.76. The molecule has 1 aliphatic heterocycles. The van der Waals surface area contributed by atoms with Gasteiger partial charge >= 0.3 is 0 Å². The molecule has 3 aliphatic carbocycles. The average molecular weight is 441 g/mol. The Bertz CT molecular complexity index is 675. The largest absolute Gasteiger partial charge is 0.380 e. The predicted octanol–water partition coefficient (Wildman–Crippen LogP) is 3.70. The summed E-state index contributed by atoms with van der Waals surface area (Å²) in [6, 6.07) is 0. The topological polar surface area (TPSA) is 60.9 Å². The summed E-state index contributed by atoms with van der Waals surface area (Å²) in [5.41, 5.74) is -1.14. The second-order valence-corrected chi connectivity index (χ2v) is 10.8. The number of aliphatic hydroxyl groups is 1. The molecule has 0 aromatic heterocycles. The highest BCUT2D eigenvalue weighted by Gasteiger charge is 2.51. The Balaban J connectivity index is 1.25. The lowest BCUT2D eigenvalue weighted by Crippen LogP contribution is -2.54. The molecule has 3 unspecified atom stereocenters. The van der Waals surface area contributed by atoms with Crippen LogP contribution in [0.1, 0.15) is 71.6 Å². The molecule has 31 heavy (non-hydrogen) atoms. The van der Waals surface area contributed by atoms with Gasteiger partial charge in [-0.3, -0.25) is 9.59 Å². The molecule has 7 heteroatoms. The van der Waals surface area contributed by atoms with Crippen molar-refractivity contribution in [2.45, 2.75) is 83.2 Å². The number of amides is 2. The number of hydrogen-bond acceptors (Lipinski definition) is 3. The van der Waals surface area contributed by atoms with Crippen LogP contribution in [-0.2, 0) is 9.59 Å². The van der Waals surface area contributed by atoms with Crippen LogP contribution in [0.4, 0.5) is 8.78 Å². The van der Waals surface area contributed by atoms with E-state index in [-0.39, 0.29) is 23.7 Å². The van der Waals surface area contributed by atoms with E-state index in [1.165, 1.54) is 0 Å². The summed E-state index contributed by atoms with van der Waals surface area (Å²) in [7, 11) is 0. The van der Waals surface area contributed by atoms with Gasteiger partial charge < -0.3 is 14.9 Å². The molecule has 2 amide bonds. The minimum atomic E-state index is -2.61. The van der Waals surface area contributed by atoms with Crippen LogP contribution in [0, 0.1) is 29.6 Å². The van der Waals surface area contributed by atoms with Crippen LogP contribution >= 0.6 is 0 Å². The first-order valence-electron chi connectivity index (χ1n) is 12.3. The molecule has 3 atom stereocenters. The number of rotatable bonds is 4. The van der Waals surface area contributed by atoms with Gasteiger partial charge in [-0.05, 0) is 76.0 Å². The van der Waals surface area contributed by atoms with Crippen LogP contribution in [0.15, 0.2) is 0 Å². The van der Waals surface area contributed by atoms with Crippen molar-refractivity contribution in [1.29, 1.82) is 0 Å². The normalized spacial score (nSPS) is 36.2. The Kier molecular flexibility index (Phi) is 6.36. The molecule has 176 valence electrons. The van der Waals surface area contributed by atoms with Crippen molar-refractivity contribution in [1.82, 2.24) is 9.80 Å². The van der Waals surface area contributed by atoms with Gasteiger partial charge in [-0.15, -0.1) is 0 Å². The average Bonchev–Trinajstić information content (AvgIpc) is 3.51. The van der Waals surface area contributed by atoms with E-state index >= 15 is 0 Å². The molecule has 0 bridgehead atoms. The van der Waals surface area contributed by atoms with Gasteiger partial charge in [0.2, 0.25) is 11.8 Å². The lowest BCUT2D eigenvalue weighted by molar-refractivity contribution is -0.149. The highest BCUT2D eigenvalue weighted by atomic mass is 19.3. The summed E-state index contributed by atoms with van der Waals surface area (Å²) < 4.78 is 28.1. The highest BCUT2D eigenvalue weighted by Crippen LogP contribution is 2.49. The number of alkyl halides is 2. The molecule has 0 aromatic carbocycles. The van der Waals surface area contributed by atoms with E-state index in [9.17, 15) is 23.5 Å². The van der Waals surface area contributed by atoms with Crippen LogP contribution in [0.5, 0.6) is 0 Å². The van der Waals surface area contributed by atoms with Gasteiger partial charge in [0, 0.05) is 38.0 Å². The predicted molar refractivity (Wildman–Crippen MR) is 113 cm³/mol. The van der Waals surface area contributed by atoms with Crippen LogP contribution in [0.3, 0.4) is 0 Å². The molecule has 5 nitrogen and oxygen atoms in total. The van der Waals surface area contributed by atoms with E-state index in [1.54, 1.807) is 4.90 Å². The summed E-state index contributed by atoms with van der Waals surface area (Å²) in [6.45, 7) is 5.15. The van der Waals surface area contributed by atoms with Gasteiger partial charge in [-0.25, -0.2) is 8.78 Å². The van der Waals surface area contributed by atoms with Gasteiger partial charge in [0.1, 0.15) is 5.60 Å². The van der Waals surface area contributed by atoms with Crippen LogP contribution < -0.4 is 0 Å². The van der Waals surface area contributed by atoms with Gasteiger partial charge in [0.05, 0.1) is 0 Å². The fourth-order valence-corrected chi connectivity index (χ4v) is 6.59. The first-order chi connectivity index (χ1) is 14.6. The van der Waals surface area contributed by atoms with Crippen molar-refractivity contribution in [3.63, 3.8) is 0 Å². The SMILES string of the molecule is CC1C(C2CCC(C(=O)N3CCN(C(=O)C4(O)CC4)CC3)CC2)CCCC1C(C)(F)F. The molecular formula is C24H38F2N2O3. The number of carbonyl (C=O) groups is 2. The lowest BCUT2D eigenvalue weighted by Gasteiger charge is -2.45. The second kappa shape index (κ2) is 8.60. The van der Waals surface area contributed by atoms with E-state index < -0.39 is 17.4 Å². The Hall–Kier alpha value is -1.24. The molecule has 0 radical (unpaired) electrons. The third-order valence-electron chi connectivity index (χ3n) is 8.74. The van der Waals surface area contributed by atoms with Gasteiger partial charge in [-0.2, -0.15) is 0 Å². The Morgan fingerprint density at radius 2 is 1.52 bits per heavy atom. The summed E-state index contributed by atoms with van der Waals surface area (Å²) in [5, 5.41) is 10.0. The van der Waals surface area contributed by atoms with E-state index in [4.69, 9.17) is 0 Å². The number of hydrogen-bond donors (Lipinski definition) is 1. The lowest BCUT2D eigenvalue weighted by atomic mass is 9.62. The van der Waals surface area contributed by atoms with Crippen molar-refractivity contribution in [3.8, 4) is 0 Å². The van der Waals surface area contributed by atoms with Crippen LogP contribution in [0.2, 0.25) is 0 Å². The van der Waals surface area contributed by atoms with Crippen molar-refractivity contribution in [3.05, 3.63) is 0 Å². The number of carbonyl (C=O) groups excluding carboxylic acids is 2. The van der Waals surface area contributed by atoms with E-state index in [2.05, 4.69) is 0 Å². The monoisotopic (exact) mass is 440 g/mol. The minimum absolute atomic E-state index is 0.0217. The Labute approximate surface area is 184 Å². The zero-order valence-electron chi connectivity index (χ0n) is 19.0. The minimum Gasteiger partial charge on any atom is -0.380 e. The molecule has 0 spiro atoms. The standard InChI is InChI=1S/C24H38F2N2O3/c1-16-19(4-3-5-20(16)23(2,25)26)17-6-8-18(9-7-17)21(29)27-12-14-28(15-13-27)22(30)24(31)10-11-24/h16-20,31H,3-15H2,1-2H3. The molecular weight excluding hydrogens is 402 g/mol. The van der Waals surface area contributed by atoms with Crippen molar-refractivity contribution in [2.75, 3.05) is 26.2 Å². The molecule has 4 aliphatic rings. The van der Waals surface area contributed by atoms with Gasteiger partial charge in [-0.1, -0.05) is 13.3 Å². The smallest absolute Gasteiger partial charge is 0.254 e. The molecule has 1 N–H and O–H groups in total. The molecule has 3 saturated carbocycles. The maximum absolute atomic E-state index is 14.0. The second-order valence-electron chi connectivity index (χ2n) is 10.8. The fourth-order valence-electron chi connectivity index (χ4n) is 6.59. The molecule has 4 rings (SSSR count). The quantitative estimate of drug-likeness (QED) is 0.725. The van der Waals surface area contributed by atoms with E-state index in [0.717, 1.165) is 45.4 Å². The van der Waals surface area contributed by atoms with Crippen LogP contribution in [0.25, 0.3) is 0 Å². The van der Waals surface area contributed by atoms with E-state index in [1.807, 2.05) is 11.8 Å². The summed E-state index contributed by atoms with van der Waals surface area (Å²) >= 11 is 0. The summed E-state index contributed by atoms with van der Waals surface area (Å²) in [6.07, 6.45) is 7.25. The van der Waals surface area contributed by atoms with Gasteiger partial charge in [0.25, 0.3) is 5.91 Å². The molecule has 0 aromatic rings. The zero-order valence-corrected chi connectivity index (χ0v) is 19.0. The van der Waals surface area contributed by atoms with Gasteiger partial charge in [0.15, 0.2) is 0 Å². The third-order valence-corrected chi connectivity index (χ3v) is 8.74. The summed E-state index contributed by atoms with van der Waals surface area (Å²) in [4.78, 5) is 28.9. The first-order valence-corrected chi connectivity index (χ1v) is 12.3. The Morgan fingerprint density at radius 3 is 2.06 bits per heavy atom. The first kappa shape index (κ1) is 22.9.